The minimum Gasteiger partial charge on any atom is -0.325 e. The molecular formula is C12H16BrN. The quantitative estimate of drug-likeness (QED) is 0.878. The van der Waals surface area contributed by atoms with Crippen molar-refractivity contribution in [1.82, 2.24) is 0 Å². The summed E-state index contributed by atoms with van der Waals surface area (Å²) in [5.74, 6) is 0.593. The third-order valence-corrected chi connectivity index (χ3v) is 3.63. The Hall–Kier alpha value is -0.340. The molecule has 0 saturated heterocycles. The minimum absolute atomic E-state index is 0.0998. The normalized spacial score (nSPS) is 30.4. The van der Waals surface area contributed by atoms with Gasteiger partial charge in [-0.05, 0) is 30.5 Å². The van der Waals surface area contributed by atoms with E-state index in [9.17, 15) is 0 Å². The van der Waals surface area contributed by atoms with Gasteiger partial charge in [-0.2, -0.15) is 0 Å². The van der Waals surface area contributed by atoms with E-state index in [-0.39, 0.29) is 5.54 Å². The predicted molar refractivity (Wildman–Crippen MR) is 63.3 cm³/mol. The summed E-state index contributed by atoms with van der Waals surface area (Å²) in [6, 6.07) is 8.55. The van der Waals surface area contributed by atoms with E-state index in [1.54, 1.807) is 0 Å². The Morgan fingerprint density at radius 1 is 1.43 bits per heavy atom. The summed E-state index contributed by atoms with van der Waals surface area (Å²) < 4.78 is 1.14. The molecule has 0 amide bonds. The van der Waals surface area contributed by atoms with E-state index in [1.165, 1.54) is 12.0 Å². The summed E-state index contributed by atoms with van der Waals surface area (Å²) in [6.45, 7) is 2.20. The lowest BCUT2D eigenvalue weighted by Gasteiger charge is -2.09. The van der Waals surface area contributed by atoms with E-state index in [0.29, 0.717) is 5.92 Å². The second-order valence-electron chi connectivity index (χ2n) is 4.29. The standard InChI is InChI=1S/C12H16BrN/c1-2-7-12(14)8-11(12)9-3-5-10(13)6-4-9/h3-6,11H,2,7-8,14H2,1H3. The number of nitrogens with two attached hydrogens (primary N) is 1. The van der Waals surface area contributed by atoms with Crippen molar-refractivity contribution in [2.45, 2.75) is 37.6 Å². The number of hydrogen-bond donors (Lipinski definition) is 1. The van der Waals surface area contributed by atoms with Crippen LogP contribution in [0.4, 0.5) is 0 Å². The van der Waals surface area contributed by atoms with Gasteiger partial charge in [0.2, 0.25) is 0 Å². The van der Waals surface area contributed by atoms with Crippen LogP contribution in [-0.2, 0) is 0 Å². The molecule has 76 valence electrons. The lowest BCUT2D eigenvalue weighted by atomic mass is 10.0. The summed E-state index contributed by atoms with van der Waals surface area (Å²) in [7, 11) is 0. The molecule has 0 heterocycles. The van der Waals surface area contributed by atoms with Crippen molar-refractivity contribution in [3.8, 4) is 0 Å². The molecule has 1 aliphatic carbocycles. The Bertz CT molecular complexity index is 320. The van der Waals surface area contributed by atoms with Gasteiger partial charge in [-0.1, -0.05) is 41.4 Å². The average molecular weight is 254 g/mol. The van der Waals surface area contributed by atoms with Gasteiger partial charge in [-0.15, -0.1) is 0 Å². The Labute approximate surface area is 93.8 Å². The minimum atomic E-state index is 0.0998. The lowest BCUT2D eigenvalue weighted by Crippen LogP contribution is -2.23. The maximum absolute atomic E-state index is 6.26. The van der Waals surface area contributed by atoms with E-state index in [2.05, 4.69) is 47.1 Å². The number of halogens is 1. The van der Waals surface area contributed by atoms with Crippen LogP contribution in [-0.4, -0.2) is 5.54 Å². The van der Waals surface area contributed by atoms with Crippen molar-refractivity contribution in [2.75, 3.05) is 0 Å². The molecule has 1 nitrogen and oxygen atoms in total. The molecular weight excluding hydrogens is 238 g/mol. The Morgan fingerprint density at radius 3 is 2.64 bits per heavy atom. The number of hydrogen-bond acceptors (Lipinski definition) is 1. The van der Waals surface area contributed by atoms with Crippen LogP contribution < -0.4 is 5.73 Å². The molecule has 1 aromatic carbocycles. The van der Waals surface area contributed by atoms with Crippen molar-refractivity contribution < 1.29 is 0 Å². The molecule has 2 rings (SSSR count). The first-order valence-corrected chi connectivity index (χ1v) is 5.99. The van der Waals surface area contributed by atoms with Crippen LogP contribution in [0.15, 0.2) is 28.7 Å². The van der Waals surface area contributed by atoms with E-state index in [1.807, 2.05) is 0 Å². The Balaban J connectivity index is 2.09. The first-order chi connectivity index (χ1) is 6.65. The van der Waals surface area contributed by atoms with Crippen LogP contribution in [0.2, 0.25) is 0 Å². The topological polar surface area (TPSA) is 26.0 Å². The van der Waals surface area contributed by atoms with Crippen LogP contribution in [0, 0.1) is 0 Å². The highest BCUT2D eigenvalue weighted by molar-refractivity contribution is 9.10. The highest BCUT2D eigenvalue weighted by atomic mass is 79.9. The van der Waals surface area contributed by atoms with Gasteiger partial charge >= 0.3 is 0 Å². The van der Waals surface area contributed by atoms with Gasteiger partial charge in [0.05, 0.1) is 0 Å². The maximum Gasteiger partial charge on any atom is 0.0230 e. The highest BCUT2D eigenvalue weighted by Gasteiger charge is 2.50. The Morgan fingerprint density at radius 2 is 2.07 bits per heavy atom. The van der Waals surface area contributed by atoms with Crippen molar-refractivity contribution in [1.29, 1.82) is 0 Å². The largest absolute Gasteiger partial charge is 0.325 e. The third kappa shape index (κ3) is 1.86. The third-order valence-electron chi connectivity index (χ3n) is 3.11. The van der Waals surface area contributed by atoms with E-state index < -0.39 is 0 Å². The van der Waals surface area contributed by atoms with Gasteiger partial charge in [-0.25, -0.2) is 0 Å². The number of rotatable bonds is 3. The summed E-state index contributed by atoms with van der Waals surface area (Å²) >= 11 is 3.44. The zero-order valence-corrected chi connectivity index (χ0v) is 10.0. The molecule has 2 heteroatoms. The van der Waals surface area contributed by atoms with Crippen molar-refractivity contribution in [2.24, 2.45) is 5.73 Å². The zero-order valence-electron chi connectivity index (χ0n) is 8.46. The van der Waals surface area contributed by atoms with Gasteiger partial charge < -0.3 is 5.73 Å². The summed E-state index contributed by atoms with van der Waals surface area (Å²) in [6.07, 6.45) is 3.49. The smallest absolute Gasteiger partial charge is 0.0230 e. The first kappa shape index (κ1) is 10.2. The zero-order chi connectivity index (χ0) is 10.2. The van der Waals surface area contributed by atoms with Crippen molar-refractivity contribution in [3.05, 3.63) is 34.3 Å². The van der Waals surface area contributed by atoms with Crippen LogP contribution in [0.5, 0.6) is 0 Å². The lowest BCUT2D eigenvalue weighted by molar-refractivity contribution is 0.579. The van der Waals surface area contributed by atoms with Crippen molar-refractivity contribution >= 4 is 15.9 Å². The van der Waals surface area contributed by atoms with Crippen LogP contribution in [0.25, 0.3) is 0 Å². The van der Waals surface area contributed by atoms with Crippen molar-refractivity contribution in [3.63, 3.8) is 0 Å². The average Bonchev–Trinajstić information content (AvgIpc) is 2.80. The van der Waals surface area contributed by atoms with Gasteiger partial charge in [0.15, 0.2) is 0 Å². The molecule has 2 atom stereocenters. The molecule has 14 heavy (non-hydrogen) atoms. The monoisotopic (exact) mass is 253 g/mol. The molecule has 1 fully saturated rings. The molecule has 2 N–H and O–H groups in total. The second kappa shape index (κ2) is 3.67. The van der Waals surface area contributed by atoms with E-state index >= 15 is 0 Å². The molecule has 0 bridgehead atoms. The van der Waals surface area contributed by atoms with Gasteiger partial charge in [0.25, 0.3) is 0 Å². The van der Waals surface area contributed by atoms with Crippen LogP contribution in [0.1, 0.15) is 37.7 Å². The Kier molecular flexibility index (Phi) is 2.67. The van der Waals surface area contributed by atoms with Gasteiger partial charge in [0.1, 0.15) is 0 Å². The summed E-state index contributed by atoms with van der Waals surface area (Å²) in [5, 5.41) is 0. The molecule has 0 spiro atoms. The second-order valence-corrected chi connectivity index (χ2v) is 5.21. The SMILES string of the molecule is CCCC1(N)CC1c1ccc(Br)cc1. The fraction of sp³-hybridized carbons (Fsp3) is 0.500. The molecule has 0 radical (unpaired) electrons. The van der Waals surface area contributed by atoms with E-state index in [0.717, 1.165) is 17.3 Å². The molecule has 2 unspecified atom stereocenters. The van der Waals surface area contributed by atoms with Gasteiger partial charge in [-0.3, -0.25) is 0 Å². The van der Waals surface area contributed by atoms with Gasteiger partial charge in [0, 0.05) is 15.9 Å². The summed E-state index contributed by atoms with van der Waals surface area (Å²) in [5.41, 5.74) is 7.75. The molecule has 1 aliphatic rings. The summed E-state index contributed by atoms with van der Waals surface area (Å²) in [4.78, 5) is 0. The molecule has 0 aliphatic heterocycles. The van der Waals surface area contributed by atoms with Crippen LogP contribution in [0.3, 0.4) is 0 Å². The number of benzene rings is 1. The van der Waals surface area contributed by atoms with Crippen LogP contribution >= 0.6 is 15.9 Å². The highest BCUT2D eigenvalue weighted by Crippen LogP contribution is 2.52. The fourth-order valence-electron chi connectivity index (χ4n) is 2.21. The predicted octanol–water partition coefficient (Wildman–Crippen LogP) is 3.43. The fourth-order valence-corrected chi connectivity index (χ4v) is 2.47. The molecule has 1 aromatic rings. The van der Waals surface area contributed by atoms with E-state index in [4.69, 9.17) is 5.73 Å². The first-order valence-electron chi connectivity index (χ1n) is 5.20. The molecule has 0 aromatic heterocycles. The maximum atomic E-state index is 6.26. The molecule has 1 saturated carbocycles.